The molecule has 0 saturated heterocycles. The predicted octanol–water partition coefficient (Wildman–Crippen LogP) is 5.98. The van der Waals surface area contributed by atoms with Crippen molar-refractivity contribution in [1.29, 1.82) is 0 Å². The molecule has 4 aromatic rings. The minimum atomic E-state index is -0.231. The van der Waals surface area contributed by atoms with Gasteiger partial charge in [-0.1, -0.05) is 69.6 Å². The summed E-state index contributed by atoms with van der Waals surface area (Å²) in [4.78, 5) is 12.5. The first-order chi connectivity index (χ1) is 16.0. The highest BCUT2D eigenvalue weighted by molar-refractivity contribution is 9.10. The summed E-state index contributed by atoms with van der Waals surface area (Å²) in [5.41, 5.74) is 6.03. The van der Waals surface area contributed by atoms with Crippen molar-refractivity contribution in [2.45, 2.75) is 12.1 Å². The number of hydrogen-bond donors (Lipinski definition) is 1. The molecule has 3 aromatic carbocycles. The molecule has 166 valence electrons. The fraction of sp³-hybridized carbons (Fsp3) is 0.0833. The van der Waals surface area contributed by atoms with Gasteiger partial charge in [0.15, 0.2) is 11.0 Å². The number of aromatic nitrogens is 3. The van der Waals surface area contributed by atoms with Crippen LogP contribution in [0.15, 0.2) is 93.6 Å². The van der Waals surface area contributed by atoms with Gasteiger partial charge in [0.05, 0.1) is 11.5 Å². The summed E-state index contributed by atoms with van der Waals surface area (Å²) in [6, 6.07) is 24.9. The van der Waals surface area contributed by atoms with Gasteiger partial charge < -0.3 is 0 Å². The van der Waals surface area contributed by atoms with E-state index in [2.05, 4.69) is 36.7 Å². The van der Waals surface area contributed by atoms with Crippen molar-refractivity contribution in [2.24, 2.45) is 5.10 Å². The molecule has 0 radical (unpaired) electrons. The summed E-state index contributed by atoms with van der Waals surface area (Å²) in [5.74, 6) is 0.579. The van der Waals surface area contributed by atoms with Gasteiger partial charge >= 0.3 is 0 Å². The van der Waals surface area contributed by atoms with Gasteiger partial charge in [-0.2, -0.15) is 5.10 Å². The number of benzene rings is 3. The van der Waals surface area contributed by atoms with Crippen molar-refractivity contribution >= 4 is 50.9 Å². The fourth-order valence-corrected chi connectivity index (χ4v) is 4.32. The van der Waals surface area contributed by atoms with E-state index in [-0.39, 0.29) is 11.7 Å². The molecule has 0 bridgehead atoms. The molecule has 0 aliphatic carbocycles. The maximum atomic E-state index is 12.5. The van der Waals surface area contributed by atoms with Gasteiger partial charge in [-0.05, 0) is 61.0 Å². The van der Waals surface area contributed by atoms with Crippen molar-refractivity contribution in [3.63, 3.8) is 0 Å². The largest absolute Gasteiger partial charge is 0.272 e. The number of nitrogens with zero attached hydrogens (tertiary/aromatic N) is 4. The lowest BCUT2D eigenvalue weighted by Gasteiger charge is -2.10. The monoisotopic (exact) mass is 539 g/mol. The molecular weight excluding hydrogens is 522 g/mol. The van der Waals surface area contributed by atoms with Crippen molar-refractivity contribution in [3.05, 3.63) is 93.9 Å². The number of halogens is 2. The smallest absolute Gasteiger partial charge is 0.250 e. The first-order valence-electron chi connectivity index (χ1n) is 10.00. The van der Waals surface area contributed by atoms with Gasteiger partial charge in [-0.15, -0.1) is 10.2 Å². The van der Waals surface area contributed by atoms with Crippen LogP contribution >= 0.6 is 39.3 Å². The van der Waals surface area contributed by atoms with Crippen molar-refractivity contribution in [2.75, 3.05) is 5.75 Å². The summed E-state index contributed by atoms with van der Waals surface area (Å²) in [7, 11) is 0. The molecule has 0 spiro atoms. The van der Waals surface area contributed by atoms with Gasteiger partial charge in [0, 0.05) is 20.7 Å². The second-order valence-electron chi connectivity index (χ2n) is 7.02. The van der Waals surface area contributed by atoms with Crippen molar-refractivity contribution in [3.8, 4) is 17.1 Å². The highest BCUT2D eigenvalue weighted by Crippen LogP contribution is 2.28. The Hall–Kier alpha value is -2.94. The maximum Gasteiger partial charge on any atom is 0.250 e. The highest BCUT2D eigenvalue weighted by atomic mass is 79.9. The van der Waals surface area contributed by atoms with Crippen molar-refractivity contribution in [1.82, 2.24) is 20.2 Å². The second kappa shape index (κ2) is 10.8. The Morgan fingerprint density at radius 2 is 1.82 bits per heavy atom. The van der Waals surface area contributed by atoms with E-state index in [0.717, 1.165) is 21.3 Å². The van der Waals surface area contributed by atoms with E-state index in [4.69, 9.17) is 11.6 Å². The lowest BCUT2D eigenvalue weighted by molar-refractivity contribution is -0.118. The molecule has 0 aliphatic rings. The second-order valence-corrected chi connectivity index (χ2v) is 9.31. The summed E-state index contributed by atoms with van der Waals surface area (Å²) < 4.78 is 2.88. The third-order valence-electron chi connectivity index (χ3n) is 4.67. The molecule has 4 rings (SSSR count). The van der Waals surface area contributed by atoms with Gasteiger partial charge in [-0.3, -0.25) is 9.36 Å². The zero-order valence-electron chi connectivity index (χ0n) is 17.6. The van der Waals surface area contributed by atoms with E-state index in [9.17, 15) is 4.79 Å². The summed E-state index contributed by atoms with van der Waals surface area (Å²) in [6.45, 7) is 1.85. The summed E-state index contributed by atoms with van der Waals surface area (Å²) in [6.07, 6.45) is 0. The Labute approximate surface area is 209 Å². The SMILES string of the molecule is C/C(=N/NC(=O)CSc1nnc(-c2ccc(Cl)cc2)n1-c1ccccc1)c1cccc(Br)c1. The minimum absolute atomic E-state index is 0.140. The molecule has 1 N–H and O–H groups in total. The van der Waals surface area contributed by atoms with Crippen LogP contribution in [0.25, 0.3) is 17.1 Å². The molecule has 9 heteroatoms. The number of hydrogen-bond acceptors (Lipinski definition) is 5. The van der Waals surface area contributed by atoms with Crippen LogP contribution in [0, 0.1) is 0 Å². The molecule has 1 aromatic heterocycles. The molecule has 1 amide bonds. The molecule has 1 heterocycles. The Morgan fingerprint density at radius 3 is 2.55 bits per heavy atom. The van der Waals surface area contributed by atoms with E-state index < -0.39 is 0 Å². The zero-order valence-corrected chi connectivity index (χ0v) is 20.7. The standard InChI is InChI=1S/C24H19BrClN5OS/c1-16(18-6-5-7-19(25)14-18)27-28-22(32)15-33-24-30-29-23(17-10-12-20(26)13-11-17)31(24)21-8-3-2-4-9-21/h2-14H,15H2,1H3,(H,28,32)/b27-16-. The molecular formula is C24H19BrClN5OS. The van der Waals surface area contributed by atoms with E-state index in [0.29, 0.717) is 21.7 Å². The molecule has 0 saturated carbocycles. The summed E-state index contributed by atoms with van der Waals surface area (Å²) in [5, 5.41) is 14.2. The lowest BCUT2D eigenvalue weighted by Crippen LogP contribution is -2.21. The number of rotatable bonds is 7. The van der Waals surface area contributed by atoms with Crippen LogP contribution in [0.5, 0.6) is 0 Å². The number of nitrogens with one attached hydrogen (secondary N) is 1. The number of carbonyl (C=O) groups is 1. The van der Waals surface area contributed by atoms with Crippen LogP contribution in [-0.4, -0.2) is 32.1 Å². The van der Waals surface area contributed by atoms with E-state index in [1.807, 2.05) is 90.4 Å². The number of amides is 1. The third-order valence-corrected chi connectivity index (χ3v) is 6.35. The third kappa shape index (κ3) is 5.90. The average Bonchev–Trinajstić information content (AvgIpc) is 3.26. The van der Waals surface area contributed by atoms with Crippen molar-refractivity contribution < 1.29 is 4.79 Å². The molecule has 33 heavy (non-hydrogen) atoms. The molecule has 0 atom stereocenters. The first-order valence-corrected chi connectivity index (χ1v) is 12.2. The number of para-hydroxylation sites is 1. The molecule has 6 nitrogen and oxygen atoms in total. The first kappa shape index (κ1) is 23.2. The Morgan fingerprint density at radius 1 is 1.06 bits per heavy atom. The van der Waals surface area contributed by atoms with Crippen LogP contribution in [-0.2, 0) is 4.79 Å². The Balaban J connectivity index is 1.51. The normalized spacial score (nSPS) is 11.4. The van der Waals surface area contributed by atoms with Crippen LogP contribution in [0.4, 0.5) is 0 Å². The topological polar surface area (TPSA) is 72.2 Å². The number of carbonyl (C=O) groups excluding carboxylic acids is 1. The van der Waals surface area contributed by atoms with Gasteiger partial charge in [0.25, 0.3) is 5.91 Å². The van der Waals surface area contributed by atoms with Gasteiger partial charge in [0.1, 0.15) is 0 Å². The number of hydrazone groups is 1. The average molecular weight is 541 g/mol. The Kier molecular flexibility index (Phi) is 7.59. The fourth-order valence-electron chi connectivity index (χ4n) is 3.05. The van der Waals surface area contributed by atoms with Crippen LogP contribution in [0.1, 0.15) is 12.5 Å². The quantitative estimate of drug-likeness (QED) is 0.178. The molecule has 0 aliphatic heterocycles. The molecule has 0 unspecified atom stereocenters. The minimum Gasteiger partial charge on any atom is -0.272 e. The highest BCUT2D eigenvalue weighted by Gasteiger charge is 2.17. The number of thioether (sulfide) groups is 1. The zero-order chi connectivity index (χ0) is 23.2. The molecule has 0 fully saturated rings. The van der Waals surface area contributed by atoms with E-state index >= 15 is 0 Å². The van der Waals surface area contributed by atoms with Crippen LogP contribution in [0.2, 0.25) is 5.02 Å². The van der Waals surface area contributed by atoms with Crippen LogP contribution < -0.4 is 5.43 Å². The van der Waals surface area contributed by atoms with Gasteiger partial charge in [-0.25, -0.2) is 5.43 Å². The lowest BCUT2D eigenvalue weighted by atomic mass is 10.1. The van der Waals surface area contributed by atoms with E-state index in [1.54, 1.807) is 0 Å². The maximum absolute atomic E-state index is 12.5. The van der Waals surface area contributed by atoms with E-state index in [1.165, 1.54) is 11.8 Å². The van der Waals surface area contributed by atoms with Crippen LogP contribution in [0.3, 0.4) is 0 Å². The summed E-state index contributed by atoms with van der Waals surface area (Å²) >= 11 is 10.8. The predicted molar refractivity (Wildman–Crippen MR) is 137 cm³/mol. The Bertz CT molecular complexity index is 1290. The van der Waals surface area contributed by atoms with Gasteiger partial charge in [0.2, 0.25) is 0 Å².